The Bertz CT molecular complexity index is 757. The Balaban J connectivity index is 1.89. The van der Waals surface area contributed by atoms with Gasteiger partial charge in [0.25, 0.3) is 0 Å². The van der Waals surface area contributed by atoms with E-state index in [1.54, 1.807) is 6.20 Å². The highest BCUT2D eigenvalue weighted by Crippen LogP contribution is 2.28. The van der Waals surface area contributed by atoms with Gasteiger partial charge >= 0.3 is 0 Å². The van der Waals surface area contributed by atoms with Crippen molar-refractivity contribution in [2.24, 2.45) is 0 Å². The zero-order chi connectivity index (χ0) is 14.2. The number of nitrogens with one attached hydrogen (secondary N) is 1. The quantitative estimate of drug-likeness (QED) is 0.767. The van der Waals surface area contributed by atoms with Crippen molar-refractivity contribution in [2.75, 3.05) is 31.2 Å². The highest BCUT2D eigenvalue weighted by Gasteiger charge is 2.19. The van der Waals surface area contributed by atoms with Gasteiger partial charge in [-0.2, -0.15) is 10.2 Å². The molecule has 1 N–H and O–H groups in total. The molecule has 4 heterocycles. The van der Waals surface area contributed by atoms with Crippen LogP contribution in [0, 0.1) is 6.92 Å². The first-order valence-electron chi connectivity index (χ1n) is 7.01. The molecular weight excluding hydrogens is 268 g/mol. The lowest BCUT2D eigenvalue weighted by molar-refractivity contribution is 0.123. The van der Waals surface area contributed by atoms with Gasteiger partial charge in [-0.05, 0) is 13.0 Å². The third-order valence-electron chi connectivity index (χ3n) is 3.80. The van der Waals surface area contributed by atoms with E-state index in [-0.39, 0.29) is 0 Å². The number of H-pyrrole nitrogens is 1. The second-order valence-electron chi connectivity index (χ2n) is 5.08. The Kier molecular flexibility index (Phi) is 2.85. The fourth-order valence-electron chi connectivity index (χ4n) is 2.80. The largest absolute Gasteiger partial charge is 0.378 e. The van der Waals surface area contributed by atoms with E-state index in [0.717, 1.165) is 54.6 Å². The first-order chi connectivity index (χ1) is 10.3. The van der Waals surface area contributed by atoms with Gasteiger partial charge in [-0.1, -0.05) is 0 Å². The molecule has 0 aromatic carbocycles. The molecule has 0 unspecified atom stereocenters. The molecule has 1 aliphatic rings. The van der Waals surface area contributed by atoms with Crippen molar-refractivity contribution >= 4 is 11.3 Å². The fourth-order valence-corrected chi connectivity index (χ4v) is 2.80. The van der Waals surface area contributed by atoms with Crippen LogP contribution in [0.3, 0.4) is 0 Å². The van der Waals surface area contributed by atoms with Crippen LogP contribution in [0.1, 0.15) is 5.69 Å². The summed E-state index contributed by atoms with van der Waals surface area (Å²) in [5.41, 5.74) is 4.91. The van der Waals surface area contributed by atoms with Crippen LogP contribution in [0.5, 0.6) is 0 Å². The van der Waals surface area contributed by atoms with Crippen molar-refractivity contribution in [3.8, 4) is 11.3 Å². The molecule has 1 aliphatic heterocycles. The van der Waals surface area contributed by atoms with E-state index in [0.29, 0.717) is 0 Å². The van der Waals surface area contributed by atoms with E-state index in [2.05, 4.69) is 20.2 Å². The molecule has 4 rings (SSSR count). The first kappa shape index (κ1) is 12.3. The number of imidazole rings is 1. The highest BCUT2D eigenvalue weighted by molar-refractivity contribution is 5.74. The highest BCUT2D eigenvalue weighted by atomic mass is 16.5. The van der Waals surface area contributed by atoms with Crippen molar-refractivity contribution < 1.29 is 4.74 Å². The number of aromatic amines is 1. The number of hydrogen-bond acceptors (Lipinski definition) is 5. The Morgan fingerprint density at radius 2 is 2.14 bits per heavy atom. The zero-order valence-electron chi connectivity index (χ0n) is 11.8. The van der Waals surface area contributed by atoms with Crippen LogP contribution in [0.25, 0.3) is 16.9 Å². The lowest BCUT2D eigenvalue weighted by Gasteiger charge is -2.28. The maximum atomic E-state index is 5.42. The van der Waals surface area contributed by atoms with Gasteiger partial charge in [0.2, 0.25) is 0 Å². The van der Waals surface area contributed by atoms with Crippen molar-refractivity contribution in [2.45, 2.75) is 6.92 Å². The molecule has 3 aromatic rings. The van der Waals surface area contributed by atoms with Crippen LogP contribution >= 0.6 is 0 Å². The number of aromatic nitrogens is 5. The van der Waals surface area contributed by atoms with Gasteiger partial charge in [-0.15, -0.1) is 0 Å². The summed E-state index contributed by atoms with van der Waals surface area (Å²) in [5.74, 6) is 0. The maximum Gasteiger partial charge on any atom is 0.178 e. The summed E-state index contributed by atoms with van der Waals surface area (Å²) in [5, 5.41) is 11.3. The van der Waals surface area contributed by atoms with Gasteiger partial charge < -0.3 is 9.64 Å². The number of nitrogens with zero attached hydrogens (tertiary/aromatic N) is 5. The molecule has 0 atom stereocenters. The second-order valence-corrected chi connectivity index (χ2v) is 5.08. The minimum absolute atomic E-state index is 0.753. The van der Waals surface area contributed by atoms with Crippen molar-refractivity contribution in [3.63, 3.8) is 0 Å². The number of hydrogen-bond donors (Lipinski definition) is 1. The van der Waals surface area contributed by atoms with Crippen LogP contribution in [-0.2, 0) is 4.74 Å². The van der Waals surface area contributed by atoms with Crippen molar-refractivity contribution in [1.29, 1.82) is 0 Å². The zero-order valence-corrected chi connectivity index (χ0v) is 11.8. The van der Waals surface area contributed by atoms with Crippen LogP contribution in [0.4, 0.5) is 5.69 Å². The second kappa shape index (κ2) is 4.85. The van der Waals surface area contributed by atoms with Gasteiger partial charge in [0.1, 0.15) is 0 Å². The molecule has 21 heavy (non-hydrogen) atoms. The van der Waals surface area contributed by atoms with Gasteiger partial charge in [-0.25, -0.2) is 9.50 Å². The summed E-state index contributed by atoms with van der Waals surface area (Å²) in [6, 6.07) is 2.02. The van der Waals surface area contributed by atoms with Crippen molar-refractivity contribution in [3.05, 3.63) is 30.4 Å². The Labute approximate surface area is 121 Å². The third-order valence-corrected chi connectivity index (χ3v) is 3.80. The summed E-state index contributed by atoms with van der Waals surface area (Å²) in [6.45, 7) is 5.27. The molecule has 1 saturated heterocycles. The van der Waals surface area contributed by atoms with E-state index in [1.165, 1.54) is 0 Å². The predicted molar refractivity (Wildman–Crippen MR) is 78.3 cm³/mol. The first-order valence-corrected chi connectivity index (χ1v) is 7.01. The lowest BCUT2D eigenvalue weighted by Crippen LogP contribution is -2.36. The van der Waals surface area contributed by atoms with Crippen LogP contribution in [0.2, 0.25) is 0 Å². The minimum Gasteiger partial charge on any atom is -0.378 e. The summed E-state index contributed by atoms with van der Waals surface area (Å²) in [6.07, 6.45) is 5.47. The summed E-state index contributed by atoms with van der Waals surface area (Å²) in [4.78, 5) is 7.02. The monoisotopic (exact) mass is 284 g/mol. The number of fused-ring (bicyclic) bond motifs is 1. The summed E-state index contributed by atoms with van der Waals surface area (Å²) in [7, 11) is 0. The Hall–Kier alpha value is -2.41. The Morgan fingerprint density at radius 3 is 2.90 bits per heavy atom. The predicted octanol–water partition coefficient (Wildman–Crippen LogP) is 1.26. The molecule has 0 aliphatic carbocycles. The molecular formula is C14H16N6O. The summed E-state index contributed by atoms with van der Waals surface area (Å²) < 4.78 is 7.32. The normalized spacial score (nSPS) is 15.8. The molecule has 7 nitrogen and oxygen atoms in total. The minimum atomic E-state index is 0.753. The average molecular weight is 284 g/mol. The van der Waals surface area contributed by atoms with Crippen LogP contribution in [-0.4, -0.2) is 51.1 Å². The standard InChI is InChI=1S/C14H16N6O/c1-10-13(11-8-15-16-9-11)20-14(18-10)12(2-3-17-20)19-4-6-21-7-5-19/h2-3,8-9H,4-7H2,1H3,(H,15,16). The van der Waals surface area contributed by atoms with Gasteiger partial charge in [-0.3, -0.25) is 5.10 Å². The van der Waals surface area contributed by atoms with E-state index < -0.39 is 0 Å². The number of morpholine rings is 1. The van der Waals surface area contributed by atoms with E-state index >= 15 is 0 Å². The third kappa shape index (κ3) is 1.97. The van der Waals surface area contributed by atoms with E-state index in [9.17, 15) is 0 Å². The molecule has 0 spiro atoms. The number of anilines is 1. The smallest absolute Gasteiger partial charge is 0.178 e. The number of rotatable bonds is 2. The fraction of sp³-hybridized carbons (Fsp3) is 0.357. The summed E-state index contributed by atoms with van der Waals surface area (Å²) >= 11 is 0. The van der Waals surface area contributed by atoms with Gasteiger partial charge in [0, 0.05) is 24.8 Å². The molecule has 7 heteroatoms. The van der Waals surface area contributed by atoms with Gasteiger partial charge in [0.15, 0.2) is 5.65 Å². The topological polar surface area (TPSA) is 71.3 Å². The number of ether oxygens (including phenoxy) is 1. The maximum absolute atomic E-state index is 5.42. The van der Waals surface area contributed by atoms with Gasteiger partial charge in [0.05, 0.1) is 42.7 Å². The molecule has 0 bridgehead atoms. The van der Waals surface area contributed by atoms with Crippen LogP contribution in [0.15, 0.2) is 24.7 Å². The van der Waals surface area contributed by atoms with Crippen LogP contribution < -0.4 is 4.90 Å². The number of aryl methyl sites for hydroxylation is 1. The molecule has 0 saturated carbocycles. The molecule has 0 radical (unpaired) electrons. The molecule has 0 amide bonds. The van der Waals surface area contributed by atoms with Crippen molar-refractivity contribution in [1.82, 2.24) is 24.8 Å². The van der Waals surface area contributed by atoms with E-state index in [4.69, 9.17) is 9.72 Å². The van der Waals surface area contributed by atoms with E-state index in [1.807, 2.05) is 29.9 Å². The SMILES string of the molecule is Cc1nc2c(N3CCOCC3)ccnn2c1-c1cn[nH]c1. The molecule has 1 fully saturated rings. The lowest BCUT2D eigenvalue weighted by atomic mass is 10.2. The molecule has 3 aromatic heterocycles. The Morgan fingerprint density at radius 1 is 1.29 bits per heavy atom. The average Bonchev–Trinajstić information content (AvgIpc) is 3.14. The molecule has 108 valence electrons.